The summed E-state index contributed by atoms with van der Waals surface area (Å²) in [6, 6.07) is 0. The Morgan fingerprint density at radius 2 is 1.00 bits per heavy atom. The maximum absolute atomic E-state index is 9.47. The van der Waals surface area contributed by atoms with Gasteiger partial charge in [0.1, 0.15) is 0 Å². The van der Waals surface area contributed by atoms with Crippen molar-refractivity contribution in [2.45, 2.75) is 0 Å². The van der Waals surface area contributed by atoms with Crippen LogP contribution in [0.5, 0.6) is 0 Å². The molecule has 0 atom stereocenters. The molecule has 0 aromatic rings. The minimum absolute atomic E-state index is 0. The van der Waals surface area contributed by atoms with Gasteiger partial charge in [-0.1, -0.05) is 0 Å². The van der Waals surface area contributed by atoms with Gasteiger partial charge in [0.15, 0.2) is 0 Å². The first kappa shape index (κ1) is 50.1. The van der Waals surface area contributed by atoms with Crippen LogP contribution in [-0.2, 0) is 9.09 Å². The Hall–Kier alpha value is 7.11. The quantitative estimate of drug-likeness (QED) is 0.370. The van der Waals surface area contributed by atoms with E-state index in [9.17, 15) is 4.57 Å². The van der Waals surface area contributed by atoms with Crippen molar-refractivity contribution < 1.29 is 236 Å². The summed E-state index contributed by atoms with van der Waals surface area (Å²) < 4.78 is 13.1. The first-order valence-electron chi connectivity index (χ1n) is 1.17. The second-order valence-corrected chi connectivity index (χ2v) is 2.02. The van der Waals surface area contributed by atoms with Crippen LogP contribution in [0.25, 0.3) is 0 Å². The van der Waals surface area contributed by atoms with Crippen LogP contribution in [-0.4, -0.2) is 16.9 Å². The van der Waals surface area contributed by atoms with Crippen LogP contribution in [0.3, 0.4) is 0 Å². The third-order valence-corrected chi connectivity index (χ3v) is 0.714. The van der Waals surface area contributed by atoms with E-state index in [0.717, 1.165) is 7.11 Å². The number of hydrogen-bond donors (Lipinski definition) is 2. The molecule has 0 heterocycles. The van der Waals surface area contributed by atoms with Gasteiger partial charge in [0.2, 0.25) is 0 Å². The average molecular weight is 280 g/mol. The Morgan fingerprint density at radius 1 is 0.923 bits per heavy atom. The molecular formula is CH12Na7O4P. The van der Waals surface area contributed by atoms with Gasteiger partial charge in [0.25, 0.3) is 0 Å². The minimum atomic E-state index is -4.15. The Bertz CT molecular complexity index is 103. The smallest absolute Gasteiger partial charge is 1.00 e. The van der Waals surface area contributed by atoms with E-state index < -0.39 is 7.82 Å². The summed E-state index contributed by atoms with van der Waals surface area (Å²) in [7, 11) is -3.20. The number of hydrogen-bond acceptors (Lipinski definition) is 2. The van der Waals surface area contributed by atoms with Crippen molar-refractivity contribution in [2.75, 3.05) is 7.11 Å². The molecule has 0 aliphatic carbocycles. The molecule has 0 saturated heterocycles. The molecule has 52 valence electrons. The summed E-state index contributed by atoms with van der Waals surface area (Å²) in [6.45, 7) is 0. The van der Waals surface area contributed by atoms with Crippen LogP contribution in [0.1, 0.15) is 9.99 Å². The van der Waals surface area contributed by atoms with Crippen molar-refractivity contribution in [1.29, 1.82) is 0 Å². The van der Waals surface area contributed by atoms with E-state index in [1.54, 1.807) is 0 Å². The molecule has 0 aromatic carbocycles. The molecule has 0 fully saturated rings. The predicted molar refractivity (Wildman–Crippen MR) is 26.8 cm³/mol. The SMILES string of the molecule is COP(=O)(O)O.[H-].[H-].[H-].[H-].[H-].[H-].[H-].[Na+].[Na+].[Na+].[Na+].[Na+].[Na+].[Na+]. The van der Waals surface area contributed by atoms with Crippen molar-refractivity contribution in [3.8, 4) is 0 Å². The normalized spacial score (nSPS) is 5.46. The molecule has 0 rings (SSSR count). The topological polar surface area (TPSA) is 66.8 Å². The van der Waals surface area contributed by atoms with Crippen LogP contribution in [0.2, 0.25) is 0 Å². The zero-order valence-corrected chi connectivity index (χ0v) is 25.1. The molecule has 0 aliphatic rings. The van der Waals surface area contributed by atoms with Crippen LogP contribution in [0, 0.1) is 0 Å². The minimum Gasteiger partial charge on any atom is -1.00 e. The van der Waals surface area contributed by atoms with E-state index in [4.69, 9.17) is 9.79 Å². The summed E-state index contributed by atoms with van der Waals surface area (Å²) in [6.07, 6.45) is 0. The molecule has 13 heavy (non-hydrogen) atoms. The molecule has 0 aromatic heterocycles. The predicted octanol–water partition coefficient (Wildman–Crippen LogP) is -20.5. The van der Waals surface area contributed by atoms with Crippen molar-refractivity contribution in [3.63, 3.8) is 0 Å². The van der Waals surface area contributed by atoms with Gasteiger partial charge in [-0.3, -0.25) is 4.52 Å². The molecule has 0 amide bonds. The Labute approximate surface area is 244 Å². The number of phosphoric ester groups is 1. The molecule has 0 spiro atoms. The van der Waals surface area contributed by atoms with Gasteiger partial charge in [-0.2, -0.15) is 0 Å². The zero-order chi connectivity index (χ0) is 5.21. The summed E-state index contributed by atoms with van der Waals surface area (Å²) in [5, 5.41) is 0. The first-order chi connectivity index (χ1) is 2.56. The summed E-state index contributed by atoms with van der Waals surface area (Å²) >= 11 is 0. The monoisotopic (exact) mass is 280 g/mol. The second-order valence-electron chi connectivity index (χ2n) is 0.673. The average Bonchev–Trinajstić information content (AvgIpc) is 1.35. The van der Waals surface area contributed by atoms with Gasteiger partial charge in [-0.15, -0.1) is 0 Å². The van der Waals surface area contributed by atoms with Gasteiger partial charge >= 0.3 is 215 Å². The van der Waals surface area contributed by atoms with E-state index in [1.807, 2.05) is 0 Å². The number of rotatable bonds is 1. The van der Waals surface area contributed by atoms with E-state index in [-0.39, 0.29) is 217 Å². The second kappa shape index (κ2) is 31.5. The molecule has 2 N–H and O–H groups in total. The molecule has 0 aliphatic heterocycles. The van der Waals surface area contributed by atoms with E-state index >= 15 is 0 Å². The number of phosphoric acid groups is 1. The summed E-state index contributed by atoms with van der Waals surface area (Å²) in [5.74, 6) is 0. The molecule has 0 unspecified atom stereocenters. The van der Waals surface area contributed by atoms with E-state index in [2.05, 4.69) is 4.52 Å². The maximum Gasteiger partial charge on any atom is 1.00 e. The standard InChI is InChI=1S/CH5O4P.7Na.7H/c1-5-6(2,3)4;;;;;;;;;;;;;;/h1H3,(H2,2,3,4);;;;;;;;;;;;;;/q;7*+1;7*-1. The molecular weight excluding hydrogens is 268 g/mol. The first-order valence-corrected chi connectivity index (χ1v) is 2.70. The van der Waals surface area contributed by atoms with Gasteiger partial charge in [0, 0.05) is 7.11 Å². The zero-order valence-electron chi connectivity index (χ0n) is 17.2. The van der Waals surface area contributed by atoms with E-state index in [0.29, 0.717) is 0 Å². The van der Waals surface area contributed by atoms with Gasteiger partial charge < -0.3 is 19.8 Å². The Balaban J connectivity index is -0.00000000137. The van der Waals surface area contributed by atoms with Crippen molar-refractivity contribution in [3.05, 3.63) is 0 Å². The van der Waals surface area contributed by atoms with Crippen LogP contribution < -0.4 is 207 Å². The van der Waals surface area contributed by atoms with Crippen LogP contribution in [0.15, 0.2) is 0 Å². The fraction of sp³-hybridized carbons (Fsp3) is 1.00. The summed E-state index contributed by atoms with van der Waals surface area (Å²) in [4.78, 5) is 15.4. The largest absolute Gasteiger partial charge is 1.00 e. The van der Waals surface area contributed by atoms with Crippen LogP contribution >= 0.6 is 7.82 Å². The molecule has 0 bridgehead atoms. The molecule has 0 saturated carbocycles. The third-order valence-electron chi connectivity index (χ3n) is 0.238. The molecule has 0 radical (unpaired) electrons. The van der Waals surface area contributed by atoms with Gasteiger partial charge in [0.05, 0.1) is 0 Å². The summed E-state index contributed by atoms with van der Waals surface area (Å²) in [5.41, 5.74) is 0. The fourth-order valence-corrected chi connectivity index (χ4v) is 0. The van der Waals surface area contributed by atoms with Gasteiger partial charge in [-0.25, -0.2) is 4.57 Å². The Morgan fingerprint density at radius 3 is 1.00 bits per heavy atom. The molecule has 4 nitrogen and oxygen atoms in total. The Kier molecular flexibility index (Phi) is 121. The van der Waals surface area contributed by atoms with E-state index in [1.165, 1.54) is 0 Å². The fourth-order valence-electron chi connectivity index (χ4n) is 0. The van der Waals surface area contributed by atoms with Gasteiger partial charge in [-0.05, 0) is 0 Å². The maximum atomic E-state index is 9.47. The van der Waals surface area contributed by atoms with Crippen molar-refractivity contribution in [1.82, 2.24) is 0 Å². The van der Waals surface area contributed by atoms with Crippen molar-refractivity contribution in [2.24, 2.45) is 0 Å². The van der Waals surface area contributed by atoms with Crippen molar-refractivity contribution >= 4 is 7.82 Å². The van der Waals surface area contributed by atoms with Crippen LogP contribution in [0.4, 0.5) is 0 Å². The third kappa shape index (κ3) is 54.7. The molecule has 12 heteroatoms.